The van der Waals surface area contributed by atoms with Crippen LogP contribution in [0.15, 0.2) is 22.7 Å². The van der Waals surface area contributed by atoms with Crippen LogP contribution in [0.1, 0.15) is 25.3 Å². The van der Waals surface area contributed by atoms with Crippen LogP contribution >= 0.6 is 40.7 Å². The lowest BCUT2D eigenvalue weighted by atomic mass is 9.84. The lowest BCUT2D eigenvalue weighted by molar-refractivity contribution is 0.0720. The number of hydrogen-bond acceptors (Lipinski definition) is 3. The summed E-state index contributed by atoms with van der Waals surface area (Å²) in [5.41, 5.74) is 1.32. The second-order valence-corrected chi connectivity index (χ2v) is 6.68. The van der Waals surface area contributed by atoms with Crippen LogP contribution in [0.4, 0.5) is 0 Å². The number of hydrogen-bond donors (Lipinski definition) is 1. The molecule has 1 aromatic rings. The molecule has 6 heteroatoms. The molecule has 3 aliphatic rings. The van der Waals surface area contributed by atoms with Gasteiger partial charge >= 0.3 is 0 Å². The van der Waals surface area contributed by atoms with E-state index in [9.17, 15) is 0 Å². The van der Waals surface area contributed by atoms with Crippen molar-refractivity contribution >= 4 is 40.7 Å². The third-order valence-corrected chi connectivity index (χ3v) is 5.14. The van der Waals surface area contributed by atoms with E-state index in [1.807, 2.05) is 6.92 Å². The average Bonchev–Trinajstić information content (AvgIpc) is 2.49. The third kappa shape index (κ3) is 4.75. The van der Waals surface area contributed by atoms with Gasteiger partial charge in [-0.15, -0.1) is 24.8 Å². The van der Waals surface area contributed by atoms with E-state index in [0.29, 0.717) is 12.6 Å². The highest BCUT2D eigenvalue weighted by Gasteiger charge is 2.33. The van der Waals surface area contributed by atoms with Crippen molar-refractivity contribution in [1.82, 2.24) is 10.2 Å². The Balaban J connectivity index is 0.00000121. The predicted octanol–water partition coefficient (Wildman–Crippen LogP) is 3.88. The van der Waals surface area contributed by atoms with Crippen molar-refractivity contribution in [3.05, 3.63) is 28.2 Å². The lowest BCUT2D eigenvalue weighted by Gasteiger charge is -2.45. The summed E-state index contributed by atoms with van der Waals surface area (Å²) in [5.74, 6) is 1.81. The number of ether oxygens (including phenoxy) is 1. The molecule has 3 aliphatic heterocycles. The van der Waals surface area contributed by atoms with Crippen LogP contribution in [0.2, 0.25) is 0 Å². The molecule has 2 bridgehead atoms. The van der Waals surface area contributed by atoms with Crippen molar-refractivity contribution in [3.8, 4) is 5.75 Å². The maximum absolute atomic E-state index is 5.55. The first-order chi connectivity index (χ1) is 9.76. The zero-order valence-electron chi connectivity index (χ0n) is 12.9. The molecule has 126 valence electrons. The minimum Gasteiger partial charge on any atom is -0.493 e. The minimum atomic E-state index is 0. The summed E-state index contributed by atoms with van der Waals surface area (Å²) in [6.45, 7) is 7.49. The Morgan fingerprint density at radius 2 is 2.00 bits per heavy atom. The first kappa shape index (κ1) is 20.0. The van der Waals surface area contributed by atoms with Gasteiger partial charge in [-0.3, -0.25) is 0 Å². The van der Waals surface area contributed by atoms with Gasteiger partial charge in [-0.05, 0) is 72.4 Å². The molecule has 1 unspecified atom stereocenters. The van der Waals surface area contributed by atoms with Gasteiger partial charge in [0, 0.05) is 19.1 Å². The Bertz CT molecular complexity index is 467. The Morgan fingerprint density at radius 3 is 2.55 bits per heavy atom. The highest BCUT2D eigenvalue weighted by Crippen LogP contribution is 2.29. The van der Waals surface area contributed by atoms with Crippen molar-refractivity contribution in [2.45, 2.75) is 32.4 Å². The zero-order valence-corrected chi connectivity index (χ0v) is 16.1. The smallest absolute Gasteiger partial charge is 0.133 e. The molecule has 22 heavy (non-hydrogen) atoms. The SMILES string of the molecule is CCOc1ccc(CNC2CN3CCC2CC3)cc1Br.Cl.Cl. The van der Waals surface area contributed by atoms with Gasteiger partial charge in [0.25, 0.3) is 0 Å². The monoisotopic (exact) mass is 410 g/mol. The minimum absolute atomic E-state index is 0. The van der Waals surface area contributed by atoms with Crippen LogP contribution in [-0.2, 0) is 6.54 Å². The lowest BCUT2D eigenvalue weighted by Crippen LogP contribution is -2.55. The molecule has 4 rings (SSSR count). The maximum atomic E-state index is 5.55. The molecule has 0 saturated carbocycles. The first-order valence-electron chi connectivity index (χ1n) is 7.63. The summed E-state index contributed by atoms with van der Waals surface area (Å²) in [5, 5.41) is 3.74. The number of piperidine rings is 3. The van der Waals surface area contributed by atoms with Crippen molar-refractivity contribution in [3.63, 3.8) is 0 Å². The molecule has 0 aliphatic carbocycles. The van der Waals surface area contributed by atoms with E-state index >= 15 is 0 Å². The van der Waals surface area contributed by atoms with Crippen molar-refractivity contribution in [2.75, 3.05) is 26.2 Å². The Labute approximate surface area is 154 Å². The van der Waals surface area contributed by atoms with Gasteiger partial charge in [-0.2, -0.15) is 0 Å². The molecule has 3 fully saturated rings. The molecule has 1 N–H and O–H groups in total. The van der Waals surface area contributed by atoms with Gasteiger partial charge in [-0.1, -0.05) is 6.07 Å². The molecule has 0 amide bonds. The van der Waals surface area contributed by atoms with Gasteiger partial charge in [-0.25, -0.2) is 0 Å². The average molecular weight is 412 g/mol. The Hall–Kier alpha value is -0.000000000000000111. The van der Waals surface area contributed by atoms with E-state index in [1.54, 1.807) is 0 Å². The molecule has 0 radical (unpaired) electrons. The molecule has 3 nitrogen and oxygen atoms in total. The molecule has 0 spiro atoms. The number of rotatable bonds is 5. The van der Waals surface area contributed by atoms with Crippen LogP contribution in [0.5, 0.6) is 5.75 Å². The standard InChI is InChI=1S/C16H23BrN2O.2ClH/c1-2-20-16-4-3-12(9-14(16)17)10-18-15-11-19-7-5-13(15)6-8-19;;/h3-4,9,13,15,18H,2,5-8,10-11H2,1H3;2*1H. The normalized spacial score (nSPS) is 26.0. The van der Waals surface area contributed by atoms with Gasteiger partial charge in [0.1, 0.15) is 5.75 Å². The summed E-state index contributed by atoms with van der Waals surface area (Å²) in [6, 6.07) is 7.05. The van der Waals surface area contributed by atoms with E-state index in [-0.39, 0.29) is 24.8 Å². The highest BCUT2D eigenvalue weighted by molar-refractivity contribution is 9.10. The number of nitrogens with one attached hydrogen (secondary N) is 1. The zero-order chi connectivity index (χ0) is 13.9. The van der Waals surface area contributed by atoms with E-state index in [0.717, 1.165) is 22.7 Å². The number of nitrogens with zero attached hydrogens (tertiary/aromatic N) is 1. The molecule has 3 heterocycles. The fraction of sp³-hybridized carbons (Fsp3) is 0.625. The topological polar surface area (TPSA) is 24.5 Å². The summed E-state index contributed by atoms with van der Waals surface area (Å²) in [7, 11) is 0. The molecule has 0 aromatic heterocycles. The summed E-state index contributed by atoms with van der Waals surface area (Å²) in [6.07, 6.45) is 2.73. The van der Waals surface area contributed by atoms with Crippen LogP contribution < -0.4 is 10.1 Å². The van der Waals surface area contributed by atoms with E-state index in [2.05, 4.69) is 44.3 Å². The summed E-state index contributed by atoms with van der Waals surface area (Å²) < 4.78 is 6.60. The predicted molar refractivity (Wildman–Crippen MR) is 99.6 cm³/mol. The Morgan fingerprint density at radius 1 is 1.27 bits per heavy atom. The quantitative estimate of drug-likeness (QED) is 0.795. The second-order valence-electron chi connectivity index (χ2n) is 5.82. The molecule has 3 saturated heterocycles. The van der Waals surface area contributed by atoms with Crippen LogP contribution in [0, 0.1) is 5.92 Å². The molecular weight excluding hydrogens is 387 g/mol. The summed E-state index contributed by atoms with van der Waals surface area (Å²) >= 11 is 3.59. The van der Waals surface area contributed by atoms with Crippen molar-refractivity contribution in [1.29, 1.82) is 0 Å². The highest BCUT2D eigenvalue weighted by atomic mass is 79.9. The van der Waals surface area contributed by atoms with E-state index in [4.69, 9.17) is 4.74 Å². The number of halogens is 3. The van der Waals surface area contributed by atoms with Crippen LogP contribution in [0.3, 0.4) is 0 Å². The summed E-state index contributed by atoms with van der Waals surface area (Å²) in [4.78, 5) is 2.59. The van der Waals surface area contributed by atoms with Crippen molar-refractivity contribution < 1.29 is 4.74 Å². The largest absolute Gasteiger partial charge is 0.493 e. The van der Waals surface area contributed by atoms with E-state index in [1.165, 1.54) is 38.0 Å². The maximum Gasteiger partial charge on any atom is 0.133 e. The fourth-order valence-electron chi connectivity index (χ4n) is 3.37. The van der Waals surface area contributed by atoms with Gasteiger partial charge in [0.2, 0.25) is 0 Å². The van der Waals surface area contributed by atoms with Gasteiger partial charge < -0.3 is 15.0 Å². The number of benzene rings is 1. The fourth-order valence-corrected chi connectivity index (χ4v) is 3.91. The third-order valence-electron chi connectivity index (χ3n) is 4.52. The number of fused-ring (bicyclic) bond motifs is 3. The van der Waals surface area contributed by atoms with Crippen molar-refractivity contribution in [2.24, 2.45) is 5.92 Å². The first-order valence-corrected chi connectivity index (χ1v) is 8.42. The van der Waals surface area contributed by atoms with Gasteiger partial charge in [0.05, 0.1) is 11.1 Å². The van der Waals surface area contributed by atoms with Crippen LogP contribution in [-0.4, -0.2) is 37.2 Å². The molecule has 1 atom stereocenters. The second kappa shape index (κ2) is 9.33. The van der Waals surface area contributed by atoms with E-state index < -0.39 is 0 Å². The molecular formula is C16H25BrCl2N2O. The van der Waals surface area contributed by atoms with Crippen LogP contribution in [0.25, 0.3) is 0 Å². The Kier molecular flexibility index (Phi) is 8.50. The van der Waals surface area contributed by atoms with Gasteiger partial charge in [0.15, 0.2) is 0 Å². The molecule has 1 aromatic carbocycles.